The fraction of sp³-hybridized carbons (Fsp3) is 0. The molecule has 0 saturated carbocycles. The molecule has 0 bridgehead atoms. The number of thioether (sulfide) groups is 1. The van der Waals surface area contributed by atoms with Crippen LogP contribution in [0.5, 0.6) is 0 Å². The molecule has 2 aromatic carbocycles. The number of carbonyl (C=O) groups excluding carboxylic acids is 2. The minimum absolute atomic E-state index is 0.192. The van der Waals surface area contributed by atoms with Crippen molar-refractivity contribution in [1.29, 1.82) is 0 Å². The first kappa shape index (κ1) is 19.0. The average molecular weight is 427 g/mol. The molecule has 0 aliphatic carbocycles. The molecule has 1 aliphatic rings. The van der Waals surface area contributed by atoms with Crippen LogP contribution in [0.15, 0.2) is 70.0 Å². The minimum Gasteiger partial charge on any atom is -0.456 e. The molecule has 2 amide bonds. The summed E-state index contributed by atoms with van der Waals surface area (Å²) in [6.07, 6.45) is 1.44. The highest BCUT2D eigenvalue weighted by Crippen LogP contribution is 2.37. The van der Waals surface area contributed by atoms with Crippen molar-refractivity contribution in [2.75, 3.05) is 4.90 Å². The van der Waals surface area contributed by atoms with Crippen molar-refractivity contribution in [2.45, 2.75) is 0 Å². The molecule has 0 spiro atoms. The molecule has 0 atom stereocenters. The van der Waals surface area contributed by atoms with Crippen molar-refractivity contribution in [3.05, 3.63) is 86.5 Å². The molecule has 7 nitrogen and oxygen atoms in total. The number of para-hydroxylation sites is 1. The molecule has 3 aromatic rings. The zero-order valence-corrected chi connectivity index (χ0v) is 16.1. The molecule has 1 saturated heterocycles. The SMILES string of the molecule is O=C1S/C(=C\c2ccc(-c3ccc(Cl)cc3[N+](=O)[O-])o2)C(=O)N1c1ccccc1. The molecule has 1 aliphatic heterocycles. The van der Waals surface area contributed by atoms with Crippen molar-refractivity contribution in [3.63, 3.8) is 0 Å². The number of furan rings is 1. The number of nitro benzene ring substituents is 1. The maximum atomic E-state index is 12.6. The van der Waals surface area contributed by atoms with Crippen LogP contribution in [0.3, 0.4) is 0 Å². The van der Waals surface area contributed by atoms with Gasteiger partial charge in [-0.15, -0.1) is 0 Å². The summed E-state index contributed by atoms with van der Waals surface area (Å²) in [4.78, 5) is 36.9. The van der Waals surface area contributed by atoms with E-state index in [1.54, 1.807) is 42.5 Å². The van der Waals surface area contributed by atoms with Gasteiger partial charge in [0.25, 0.3) is 16.8 Å². The van der Waals surface area contributed by atoms with Gasteiger partial charge in [0.15, 0.2) is 0 Å². The van der Waals surface area contributed by atoms with Crippen LogP contribution in [0.1, 0.15) is 5.76 Å². The standard InChI is InChI=1S/C20H11ClN2O5S/c21-12-6-8-15(16(10-12)23(26)27)17-9-7-14(28-17)11-18-19(24)22(20(25)29-18)13-4-2-1-3-5-13/h1-11H/b18-11-. The molecular weight excluding hydrogens is 416 g/mol. The predicted molar refractivity (Wildman–Crippen MR) is 111 cm³/mol. The lowest BCUT2D eigenvalue weighted by Crippen LogP contribution is -2.27. The first-order valence-corrected chi connectivity index (χ1v) is 9.50. The van der Waals surface area contributed by atoms with E-state index in [0.717, 1.165) is 16.7 Å². The van der Waals surface area contributed by atoms with E-state index in [2.05, 4.69) is 0 Å². The van der Waals surface area contributed by atoms with Crippen molar-refractivity contribution in [2.24, 2.45) is 0 Å². The molecule has 0 N–H and O–H groups in total. The van der Waals surface area contributed by atoms with E-state index in [1.165, 1.54) is 24.3 Å². The predicted octanol–water partition coefficient (Wildman–Crippen LogP) is 5.75. The molecule has 144 valence electrons. The second-order valence-corrected chi connectivity index (χ2v) is 7.40. The van der Waals surface area contributed by atoms with Gasteiger partial charge in [-0.3, -0.25) is 19.7 Å². The fourth-order valence-electron chi connectivity index (χ4n) is 2.84. The number of amides is 2. The molecule has 2 heterocycles. The fourth-order valence-corrected chi connectivity index (χ4v) is 3.82. The van der Waals surface area contributed by atoms with Crippen LogP contribution in [0, 0.1) is 10.1 Å². The number of anilines is 1. The Morgan fingerprint density at radius 2 is 1.83 bits per heavy atom. The van der Waals surface area contributed by atoms with Gasteiger partial charge in [0.1, 0.15) is 11.5 Å². The van der Waals surface area contributed by atoms with Gasteiger partial charge in [0.2, 0.25) is 0 Å². The van der Waals surface area contributed by atoms with Crippen molar-refractivity contribution < 1.29 is 18.9 Å². The van der Waals surface area contributed by atoms with E-state index in [9.17, 15) is 19.7 Å². The second kappa shape index (κ2) is 7.57. The molecule has 4 rings (SSSR count). The Hall–Kier alpha value is -3.36. The van der Waals surface area contributed by atoms with E-state index < -0.39 is 16.1 Å². The number of rotatable bonds is 4. The number of nitro groups is 1. The number of hydrogen-bond acceptors (Lipinski definition) is 6. The minimum atomic E-state index is -0.547. The highest BCUT2D eigenvalue weighted by molar-refractivity contribution is 8.19. The van der Waals surface area contributed by atoms with Gasteiger partial charge in [-0.05, 0) is 48.2 Å². The number of hydrogen-bond donors (Lipinski definition) is 0. The van der Waals surface area contributed by atoms with Gasteiger partial charge < -0.3 is 4.42 Å². The third-order valence-electron chi connectivity index (χ3n) is 4.13. The lowest BCUT2D eigenvalue weighted by molar-refractivity contribution is -0.384. The lowest BCUT2D eigenvalue weighted by atomic mass is 10.1. The van der Waals surface area contributed by atoms with Gasteiger partial charge in [-0.25, -0.2) is 4.90 Å². The molecule has 9 heteroatoms. The normalized spacial score (nSPS) is 15.3. The summed E-state index contributed by atoms with van der Waals surface area (Å²) in [5.74, 6) is 0.0892. The first-order chi connectivity index (χ1) is 13.9. The summed E-state index contributed by atoms with van der Waals surface area (Å²) >= 11 is 6.64. The molecule has 29 heavy (non-hydrogen) atoms. The zero-order chi connectivity index (χ0) is 20.5. The Morgan fingerprint density at radius 1 is 1.07 bits per heavy atom. The van der Waals surface area contributed by atoms with E-state index in [0.29, 0.717) is 11.4 Å². The maximum absolute atomic E-state index is 12.6. The van der Waals surface area contributed by atoms with Gasteiger partial charge in [-0.2, -0.15) is 0 Å². The number of carbonyl (C=O) groups is 2. The highest BCUT2D eigenvalue weighted by atomic mass is 35.5. The van der Waals surface area contributed by atoms with Crippen LogP contribution >= 0.6 is 23.4 Å². The Morgan fingerprint density at radius 3 is 2.55 bits per heavy atom. The molecule has 0 unspecified atom stereocenters. The van der Waals surface area contributed by atoms with Crippen LogP contribution in [-0.2, 0) is 4.79 Å². The summed E-state index contributed by atoms with van der Waals surface area (Å²) in [6, 6.07) is 16.0. The number of benzene rings is 2. The highest BCUT2D eigenvalue weighted by Gasteiger charge is 2.36. The van der Waals surface area contributed by atoms with Crippen LogP contribution in [0.2, 0.25) is 5.02 Å². The first-order valence-electron chi connectivity index (χ1n) is 8.31. The Kier molecular flexibility index (Phi) is 4.96. The van der Waals surface area contributed by atoms with Crippen LogP contribution in [0.4, 0.5) is 16.2 Å². The third kappa shape index (κ3) is 3.67. The van der Waals surface area contributed by atoms with E-state index >= 15 is 0 Å². The van der Waals surface area contributed by atoms with Gasteiger partial charge in [-0.1, -0.05) is 29.8 Å². The smallest absolute Gasteiger partial charge is 0.298 e. The quantitative estimate of drug-likeness (QED) is 0.299. The zero-order valence-electron chi connectivity index (χ0n) is 14.6. The lowest BCUT2D eigenvalue weighted by Gasteiger charge is -2.11. The van der Waals surface area contributed by atoms with Crippen LogP contribution in [0.25, 0.3) is 17.4 Å². The van der Waals surface area contributed by atoms with Crippen LogP contribution in [-0.4, -0.2) is 16.1 Å². The maximum Gasteiger partial charge on any atom is 0.298 e. The van der Waals surface area contributed by atoms with Gasteiger partial charge >= 0.3 is 0 Å². The van der Waals surface area contributed by atoms with Crippen LogP contribution < -0.4 is 4.90 Å². The van der Waals surface area contributed by atoms with Crippen molar-refractivity contribution in [1.82, 2.24) is 0 Å². The van der Waals surface area contributed by atoms with E-state index in [1.807, 2.05) is 0 Å². The largest absolute Gasteiger partial charge is 0.456 e. The summed E-state index contributed by atoms with van der Waals surface area (Å²) in [6.45, 7) is 0. The second-order valence-electron chi connectivity index (χ2n) is 5.97. The third-order valence-corrected chi connectivity index (χ3v) is 5.23. The number of imide groups is 1. The summed E-state index contributed by atoms with van der Waals surface area (Å²) in [5.41, 5.74) is 0.551. The number of nitrogens with zero attached hydrogens (tertiary/aromatic N) is 2. The average Bonchev–Trinajstić information content (AvgIpc) is 3.27. The molecule has 1 aromatic heterocycles. The topological polar surface area (TPSA) is 93.7 Å². The summed E-state index contributed by atoms with van der Waals surface area (Å²) < 4.78 is 5.67. The Labute approximate surface area is 173 Å². The van der Waals surface area contributed by atoms with Gasteiger partial charge in [0.05, 0.1) is 21.1 Å². The summed E-state index contributed by atoms with van der Waals surface area (Å²) in [7, 11) is 0. The van der Waals surface area contributed by atoms with E-state index in [-0.39, 0.29) is 26.9 Å². The van der Waals surface area contributed by atoms with E-state index in [4.69, 9.17) is 16.0 Å². The summed E-state index contributed by atoms with van der Waals surface area (Å²) in [5, 5.41) is 11.1. The Balaban J connectivity index is 1.65. The van der Waals surface area contributed by atoms with Crippen molar-refractivity contribution in [3.8, 4) is 11.3 Å². The molecular formula is C20H11ClN2O5S. The molecule has 1 fully saturated rings. The van der Waals surface area contributed by atoms with Gasteiger partial charge in [0, 0.05) is 17.2 Å². The monoisotopic (exact) mass is 426 g/mol. The molecule has 0 radical (unpaired) electrons. The number of halogens is 1. The van der Waals surface area contributed by atoms with Crippen molar-refractivity contribution >= 4 is 52.0 Å². The Bertz CT molecular complexity index is 1170.